The summed E-state index contributed by atoms with van der Waals surface area (Å²) in [7, 11) is 0. The SMILES string of the molecule is Cc1cccc(C)c1OCCCNC(=O)NCCC#N. The zero-order chi connectivity index (χ0) is 14.8. The first-order chi connectivity index (χ1) is 9.65. The van der Waals surface area contributed by atoms with Crippen LogP contribution in [0.2, 0.25) is 0 Å². The Morgan fingerprint density at radius 1 is 1.25 bits per heavy atom. The summed E-state index contributed by atoms with van der Waals surface area (Å²) in [5.41, 5.74) is 2.24. The van der Waals surface area contributed by atoms with E-state index in [9.17, 15) is 4.79 Å². The van der Waals surface area contributed by atoms with Crippen LogP contribution in [-0.2, 0) is 0 Å². The molecule has 1 rings (SSSR count). The van der Waals surface area contributed by atoms with Crippen molar-refractivity contribution in [1.82, 2.24) is 10.6 Å². The van der Waals surface area contributed by atoms with Gasteiger partial charge in [0.1, 0.15) is 5.75 Å². The molecule has 108 valence electrons. The summed E-state index contributed by atoms with van der Waals surface area (Å²) in [6.07, 6.45) is 1.06. The lowest BCUT2D eigenvalue weighted by Gasteiger charge is -2.12. The molecule has 2 N–H and O–H groups in total. The van der Waals surface area contributed by atoms with Crippen molar-refractivity contribution in [3.8, 4) is 11.8 Å². The van der Waals surface area contributed by atoms with E-state index in [1.807, 2.05) is 38.1 Å². The maximum atomic E-state index is 11.3. The molecular weight excluding hydrogens is 254 g/mol. The molecule has 0 saturated carbocycles. The average molecular weight is 275 g/mol. The van der Waals surface area contributed by atoms with Crippen LogP contribution >= 0.6 is 0 Å². The molecule has 2 amide bonds. The van der Waals surface area contributed by atoms with Crippen molar-refractivity contribution in [1.29, 1.82) is 5.26 Å². The molecule has 0 aromatic heterocycles. The highest BCUT2D eigenvalue weighted by Gasteiger charge is 2.03. The minimum Gasteiger partial charge on any atom is -0.493 e. The highest BCUT2D eigenvalue weighted by molar-refractivity contribution is 5.73. The van der Waals surface area contributed by atoms with Crippen LogP contribution in [0.25, 0.3) is 0 Å². The number of urea groups is 1. The first kappa shape index (κ1) is 15.8. The standard InChI is InChI=1S/C15H21N3O2/c1-12-6-3-7-13(2)14(12)20-11-5-10-18-15(19)17-9-4-8-16/h3,6-7H,4-5,9-11H2,1-2H3,(H2,17,18,19). The fourth-order valence-corrected chi connectivity index (χ4v) is 1.77. The maximum Gasteiger partial charge on any atom is 0.314 e. The minimum absolute atomic E-state index is 0.243. The van der Waals surface area contributed by atoms with E-state index in [0.717, 1.165) is 23.3 Å². The number of nitriles is 1. The molecule has 0 aliphatic heterocycles. The van der Waals surface area contributed by atoms with Crippen molar-refractivity contribution in [2.45, 2.75) is 26.7 Å². The van der Waals surface area contributed by atoms with E-state index in [0.29, 0.717) is 26.1 Å². The summed E-state index contributed by atoms with van der Waals surface area (Å²) in [5, 5.41) is 13.7. The second-order valence-electron chi connectivity index (χ2n) is 4.51. The molecule has 0 aliphatic rings. The summed E-state index contributed by atoms with van der Waals surface area (Å²) < 4.78 is 5.73. The number of carbonyl (C=O) groups excluding carboxylic acids is 1. The van der Waals surface area contributed by atoms with Crippen LogP contribution in [0, 0.1) is 25.2 Å². The number of hydrogen-bond donors (Lipinski definition) is 2. The number of carbonyl (C=O) groups is 1. The molecule has 0 heterocycles. The number of hydrogen-bond acceptors (Lipinski definition) is 3. The van der Waals surface area contributed by atoms with Crippen LogP contribution in [0.15, 0.2) is 18.2 Å². The first-order valence-corrected chi connectivity index (χ1v) is 6.73. The third kappa shape index (κ3) is 5.61. The lowest BCUT2D eigenvalue weighted by atomic mass is 10.1. The van der Waals surface area contributed by atoms with E-state index in [-0.39, 0.29) is 6.03 Å². The Balaban J connectivity index is 2.16. The molecule has 0 unspecified atom stereocenters. The van der Waals surface area contributed by atoms with Crippen molar-refractivity contribution in [2.24, 2.45) is 0 Å². The molecule has 5 nitrogen and oxygen atoms in total. The molecule has 0 saturated heterocycles. The van der Waals surface area contributed by atoms with E-state index < -0.39 is 0 Å². The predicted octanol–water partition coefficient (Wildman–Crippen LogP) is 2.29. The summed E-state index contributed by atoms with van der Waals surface area (Å²) in [4.78, 5) is 11.3. The number of nitrogens with zero attached hydrogens (tertiary/aromatic N) is 1. The van der Waals surface area contributed by atoms with Crippen molar-refractivity contribution < 1.29 is 9.53 Å². The van der Waals surface area contributed by atoms with Gasteiger partial charge in [0, 0.05) is 13.1 Å². The van der Waals surface area contributed by atoms with Gasteiger partial charge in [-0.05, 0) is 31.4 Å². The molecule has 1 aromatic carbocycles. The van der Waals surface area contributed by atoms with Gasteiger partial charge >= 0.3 is 6.03 Å². The van der Waals surface area contributed by atoms with Crippen LogP contribution < -0.4 is 15.4 Å². The molecule has 0 atom stereocenters. The highest BCUT2D eigenvalue weighted by Crippen LogP contribution is 2.22. The van der Waals surface area contributed by atoms with E-state index >= 15 is 0 Å². The molecule has 0 fully saturated rings. The fourth-order valence-electron chi connectivity index (χ4n) is 1.77. The Hall–Kier alpha value is -2.22. The topological polar surface area (TPSA) is 74.2 Å². The van der Waals surface area contributed by atoms with Crippen LogP contribution in [0.5, 0.6) is 5.75 Å². The van der Waals surface area contributed by atoms with Crippen LogP contribution in [0.1, 0.15) is 24.0 Å². The average Bonchev–Trinajstić information content (AvgIpc) is 2.41. The summed E-state index contributed by atoms with van der Waals surface area (Å²) >= 11 is 0. The molecule has 20 heavy (non-hydrogen) atoms. The molecule has 0 radical (unpaired) electrons. The second-order valence-corrected chi connectivity index (χ2v) is 4.51. The third-order valence-electron chi connectivity index (χ3n) is 2.78. The molecule has 5 heteroatoms. The highest BCUT2D eigenvalue weighted by atomic mass is 16.5. The van der Waals surface area contributed by atoms with Gasteiger partial charge in [-0.2, -0.15) is 5.26 Å². The van der Waals surface area contributed by atoms with Gasteiger partial charge in [0.05, 0.1) is 19.1 Å². The number of rotatable bonds is 7. The predicted molar refractivity (Wildman–Crippen MR) is 77.7 cm³/mol. The van der Waals surface area contributed by atoms with Gasteiger partial charge in [0.25, 0.3) is 0 Å². The van der Waals surface area contributed by atoms with E-state index in [4.69, 9.17) is 10.00 Å². The number of benzene rings is 1. The Bertz CT molecular complexity index is 460. The second kappa shape index (κ2) is 8.81. The Labute approximate surface area is 119 Å². The van der Waals surface area contributed by atoms with Gasteiger partial charge in [0.2, 0.25) is 0 Å². The fraction of sp³-hybridized carbons (Fsp3) is 0.467. The molecule has 0 aliphatic carbocycles. The van der Waals surface area contributed by atoms with E-state index in [2.05, 4.69) is 10.6 Å². The Morgan fingerprint density at radius 3 is 2.55 bits per heavy atom. The van der Waals surface area contributed by atoms with Gasteiger partial charge in [0.15, 0.2) is 0 Å². The largest absolute Gasteiger partial charge is 0.493 e. The monoisotopic (exact) mass is 275 g/mol. The Kier molecular flexibility index (Phi) is 6.97. The molecule has 0 spiro atoms. The summed E-state index contributed by atoms with van der Waals surface area (Å²) in [6, 6.07) is 7.76. The number of nitrogens with one attached hydrogen (secondary N) is 2. The van der Waals surface area contributed by atoms with Crippen molar-refractivity contribution in [2.75, 3.05) is 19.7 Å². The number of para-hydroxylation sites is 1. The summed E-state index contributed by atoms with van der Waals surface area (Å²) in [6.45, 7) is 5.52. The van der Waals surface area contributed by atoms with Crippen LogP contribution in [0.3, 0.4) is 0 Å². The van der Waals surface area contributed by atoms with Gasteiger partial charge in [-0.3, -0.25) is 0 Å². The van der Waals surface area contributed by atoms with Gasteiger partial charge in [-0.15, -0.1) is 0 Å². The quantitative estimate of drug-likeness (QED) is 0.750. The zero-order valence-corrected chi connectivity index (χ0v) is 12.0. The maximum absolute atomic E-state index is 11.3. The lowest BCUT2D eigenvalue weighted by Crippen LogP contribution is -2.36. The van der Waals surface area contributed by atoms with Gasteiger partial charge < -0.3 is 15.4 Å². The van der Waals surface area contributed by atoms with Crippen LogP contribution in [-0.4, -0.2) is 25.7 Å². The van der Waals surface area contributed by atoms with Crippen molar-refractivity contribution >= 4 is 6.03 Å². The number of ether oxygens (including phenoxy) is 1. The van der Waals surface area contributed by atoms with E-state index in [1.54, 1.807) is 0 Å². The molecule has 1 aromatic rings. The van der Waals surface area contributed by atoms with Crippen molar-refractivity contribution in [3.63, 3.8) is 0 Å². The van der Waals surface area contributed by atoms with Crippen LogP contribution in [0.4, 0.5) is 4.79 Å². The third-order valence-corrected chi connectivity index (χ3v) is 2.78. The minimum atomic E-state index is -0.243. The Morgan fingerprint density at radius 2 is 1.90 bits per heavy atom. The van der Waals surface area contributed by atoms with E-state index in [1.165, 1.54) is 0 Å². The zero-order valence-electron chi connectivity index (χ0n) is 12.0. The smallest absolute Gasteiger partial charge is 0.314 e. The summed E-state index contributed by atoms with van der Waals surface area (Å²) in [5.74, 6) is 0.922. The van der Waals surface area contributed by atoms with Gasteiger partial charge in [-0.25, -0.2) is 4.79 Å². The number of aryl methyl sites for hydroxylation is 2. The molecular formula is C15H21N3O2. The van der Waals surface area contributed by atoms with Crippen molar-refractivity contribution in [3.05, 3.63) is 29.3 Å². The normalized spacial score (nSPS) is 9.65. The lowest BCUT2D eigenvalue weighted by molar-refractivity contribution is 0.239. The molecule has 0 bridgehead atoms. The van der Waals surface area contributed by atoms with Gasteiger partial charge in [-0.1, -0.05) is 18.2 Å². The first-order valence-electron chi connectivity index (χ1n) is 6.73. The number of amides is 2.